The number of rotatable bonds is 4. The van der Waals surface area contributed by atoms with Gasteiger partial charge in [0.2, 0.25) is 10.0 Å². The van der Waals surface area contributed by atoms with E-state index in [-0.39, 0.29) is 9.77 Å². The standard InChI is InChI=1S/C18H16N2O4S2/c21-18(24-15-7-3-5-13-6-4-8-19-17(13)15)16-11-14(12-25-16)26(22,23)20-9-1-2-10-20/h3-8,11-12H,1-2,9-10H2. The minimum atomic E-state index is -3.54. The number of ether oxygens (including phenoxy) is 1. The summed E-state index contributed by atoms with van der Waals surface area (Å²) in [5, 5.41) is 2.35. The summed E-state index contributed by atoms with van der Waals surface area (Å²) in [6.07, 6.45) is 3.37. The first-order valence-corrected chi connectivity index (χ1v) is 10.5. The van der Waals surface area contributed by atoms with Crippen LogP contribution in [0.5, 0.6) is 5.75 Å². The van der Waals surface area contributed by atoms with Gasteiger partial charge >= 0.3 is 5.97 Å². The lowest BCUT2D eigenvalue weighted by Crippen LogP contribution is -2.27. The summed E-state index contributed by atoms with van der Waals surface area (Å²) in [5.74, 6) is -0.235. The van der Waals surface area contributed by atoms with Gasteiger partial charge in [-0.3, -0.25) is 4.98 Å². The molecule has 0 unspecified atom stereocenters. The Balaban J connectivity index is 1.59. The third-order valence-electron chi connectivity index (χ3n) is 4.28. The molecule has 8 heteroatoms. The smallest absolute Gasteiger partial charge is 0.353 e. The highest BCUT2D eigenvalue weighted by Gasteiger charge is 2.29. The molecule has 0 amide bonds. The van der Waals surface area contributed by atoms with Gasteiger partial charge in [-0.05, 0) is 31.0 Å². The lowest BCUT2D eigenvalue weighted by molar-refractivity contribution is 0.0741. The number of nitrogens with zero attached hydrogens (tertiary/aromatic N) is 2. The van der Waals surface area contributed by atoms with Crippen LogP contribution in [0.4, 0.5) is 0 Å². The first-order valence-electron chi connectivity index (χ1n) is 8.20. The molecule has 0 aliphatic carbocycles. The maximum atomic E-state index is 12.6. The predicted molar refractivity (Wildman–Crippen MR) is 99.0 cm³/mol. The summed E-state index contributed by atoms with van der Waals surface area (Å²) in [6.45, 7) is 1.05. The Hall–Kier alpha value is -2.29. The fourth-order valence-corrected chi connectivity index (χ4v) is 5.60. The molecule has 1 fully saturated rings. The zero-order chi connectivity index (χ0) is 18.1. The molecule has 1 saturated heterocycles. The molecule has 0 bridgehead atoms. The molecule has 1 aliphatic rings. The van der Waals surface area contributed by atoms with E-state index in [1.165, 1.54) is 15.8 Å². The normalized spacial score (nSPS) is 15.4. The van der Waals surface area contributed by atoms with Crippen LogP contribution in [0.25, 0.3) is 10.9 Å². The molecule has 0 N–H and O–H groups in total. The molecule has 0 spiro atoms. The van der Waals surface area contributed by atoms with Crippen LogP contribution in [0.3, 0.4) is 0 Å². The van der Waals surface area contributed by atoms with Crippen molar-refractivity contribution in [2.24, 2.45) is 0 Å². The van der Waals surface area contributed by atoms with E-state index in [1.54, 1.807) is 18.3 Å². The van der Waals surface area contributed by atoms with Gasteiger partial charge in [-0.25, -0.2) is 13.2 Å². The summed E-state index contributed by atoms with van der Waals surface area (Å²) in [5.41, 5.74) is 0.588. The van der Waals surface area contributed by atoms with Crippen LogP contribution in [0.15, 0.2) is 52.9 Å². The van der Waals surface area contributed by atoms with Crippen LogP contribution in [0, 0.1) is 0 Å². The lowest BCUT2D eigenvalue weighted by atomic mass is 10.2. The molecule has 3 heterocycles. The van der Waals surface area contributed by atoms with Crippen LogP contribution in [0.2, 0.25) is 0 Å². The van der Waals surface area contributed by atoms with E-state index < -0.39 is 16.0 Å². The van der Waals surface area contributed by atoms with Crippen LogP contribution in [-0.4, -0.2) is 36.8 Å². The van der Waals surface area contributed by atoms with E-state index in [1.807, 2.05) is 18.2 Å². The monoisotopic (exact) mass is 388 g/mol. The van der Waals surface area contributed by atoms with Gasteiger partial charge in [0.1, 0.15) is 10.4 Å². The first kappa shape index (κ1) is 17.1. The number of hydrogen-bond acceptors (Lipinski definition) is 6. The number of hydrogen-bond donors (Lipinski definition) is 0. The Morgan fingerprint density at radius 3 is 2.73 bits per heavy atom. The molecule has 2 aromatic heterocycles. The fraction of sp³-hybridized carbons (Fsp3) is 0.222. The number of aromatic nitrogens is 1. The molecule has 0 radical (unpaired) electrons. The Morgan fingerprint density at radius 2 is 1.92 bits per heavy atom. The zero-order valence-corrected chi connectivity index (χ0v) is 15.4. The van der Waals surface area contributed by atoms with Gasteiger partial charge in [0, 0.05) is 30.1 Å². The van der Waals surface area contributed by atoms with Crippen molar-refractivity contribution in [2.75, 3.05) is 13.1 Å². The van der Waals surface area contributed by atoms with Gasteiger partial charge in [-0.1, -0.05) is 18.2 Å². The Morgan fingerprint density at radius 1 is 1.15 bits per heavy atom. The number of benzene rings is 1. The molecule has 6 nitrogen and oxygen atoms in total. The average Bonchev–Trinajstić information content (AvgIpc) is 3.34. The molecule has 26 heavy (non-hydrogen) atoms. The van der Waals surface area contributed by atoms with Crippen molar-refractivity contribution in [3.8, 4) is 5.75 Å². The number of carbonyl (C=O) groups excluding carboxylic acids is 1. The topological polar surface area (TPSA) is 76.6 Å². The number of sulfonamides is 1. The Bertz CT molecular complexity index is 1060. The minimum Gasteiger partial charge on any atom is -0.420 e. The van der Waals surface area contributed by atoms with Crippen LogP contribution >= 0.6 is 11.3 Å². The second-order valence-corrected chi connectivity index (χ2v) is 8.83. The second-order valence-electron chi connectivity index (χ2n) is 5.98. The van der Waals surface area contributed by atoms with Crippen LogP contribution < -0.4 is 4.74 Å². The average molecular weight is 388 g/mol. The molecule has 0 atom stereocenters. The third-order valence-corrected chi connectivity index (χ3v) is 7.21. The van der Waals surface area contributed by atoms with Crippen molar-refractivity contribution in [3.05, 3.63) is 52.9 Å². The first-order chi connectivity index (χ1) is 12.6. The number of fused-ring (bicyclic) bond motifs is 1. The highest BCUT2D eigenvalue weighted by atomic mass is 32.2. The molecule has 0 saturated carbocycles. The molecule has 1 aromatic carbocycles. The molecule has 134 valence electrons. The lowest BCUT2D eigenvalue weighted by Gasteiger charge is -2.13. The number of thiophene rings is 1. The summed E-state index contributed by atoms with van der Waals surface area (Å²) in [6, 6.07) is 10.4. The maximum absolute atomic E-state index is 12.6. The SMILES string of the molecule is O=C(Oc1cccc2cccnc12)c1cc(S(=O)(=O)N2CCCC2)cs1. The second kappa shape index (κ2) is 6.79. The van der Waals surface area contributed by atoms with E-state index in [0.29, 0.717) is 24.4 Å². The van der Waals surface area contributed by atoms with Gasteiger partial charge in [0.15, 0.2) is 5.75 Å². The Labute approximate surface area is 155 Å². The summed E-state index contributed by atoms with van der Waals surface area (Å²) < 4.78 is 32.1. The van der Waals surface area contributed by atoms with E-state index in [9.17, 15) is 13.2 Å². The van der Waals surface area contributed by atoms with Crippen LogP contribution in [0.1, 0.15) is 22.5 Å². The van der Waals surface area contributed by atoms with E-state index in [2.05, 4.69) is 4.98 Å². The minimum absolute atomic E-state index is 0.146. The van der Waals surface area contributed by atoms with Gasteiger partial charge in [-0.2, -0.15) is 4.31 Å². The quantitative estimate of drug-likeness (QED) is 0.506. The van der Waals surface area contributed by atoms with Crippen molar-refractivity contribution in [1.82, 2.24) is 9.29 Å². The van der Waals surface area contributed by atoms with Gasteiger partial charge in [0.25, 0.3) is 0 Å². The van der Waals surface area contributed by atoms with E-state index in [0.717, 1.165) is 29.6 Å². The highest BCUT2D eigenvalue weighted by molar-refractivity contribution is 7.89. The molecule has 1 aliphatic heterocycles. The maximum Gasteiger partial charge on any atom is 0.353 e. The highest BCUT2D eigenvalue weighted by Crippen LogP contribution is 2.28. The number of pyridine rings is 1. The third kappa shape index (κ3) is 3.11. The van der Waals surface area contributed by atoms with Gasteiger partial charge in [-0.15, -0.1) is 11.3 Å². The number of esters is 1. The summed E-state index contributed by atoms with van der Waals surface area (Å²) in [7, 11) is -3.54. The predicted octanol–water partition coefficient (Wildman–Crippen LogP) is 3.30. The van der Waals surface area contributed by atoms with Crippen molar-refractivity contribution in [2.45, 2.75) is 17.7 Å². The Kier molecular flexibility index (Phi) is 4.47. The molecular formula is C18H16N2O4S2. The zero-order valence-electron chi connectivity index (χ0n) is 13.8. The molecule has 4 rings (SSSR count). The van der Waals surface area contributed by atoms with Gasteiger partial charge in [0.05, 0.1) is 4.90 Å². The fourth-order valence-electron chi connectivity index (χ4n) is 2.95. The summed E-state index contributed by atoms with van der Waals surface area (Å²) >= 11 is 1.07. The van der Waals surface area contributed by atoms with Crippen molar-refractivity contribution >= 4 is 38.2 Å². The number of para-hydroxylation sites is 1. The largest absolute Gasteiger partial charge is 0.420 e. The van der Waals surface area contributed by atoms with Gasteiger partial charge < -0.3 is 4.74 Å². The van der Waals surface area contributed by atoms with E-state index in [4.69, 9.17) is 4.74 Å². The van der Waals surface area contributed by atoms with E-state index >= 15 is 0 Å². The van der Waals surface area contributed by atoms with Crippen molar-refractivity contribution in [3.63, 3.8) is 0 Å². The number of carbonyl (C=O) groups is 1. The van der Waals surface area contributed by atoms with Crippen LogP contribution in [-0.2, 0) is 10.0 Å². The molecular weight excluding hydrogens is 372 g/mol. The van der Waals surface area contributed by atoms with Crippen molar-refractivity contribution in [1.29, 1.82) is 0 Å². The molecule has 3 aromatic rings. The van der Waals surface area contributed by atoms with Crippen molar-refractivity contribution < 1.29 is 17.9 Å². The summed E-state index contributed by atoms with van der Waals surface area (Å²) in [4.78, 5) is 17.1.